The lowest BCUT2D eigenvalue weighted by Gasteiger charge is -2.09. The maximum Gasteiger partial charge on any atom is 0.264 e. The number of halogens is 1. The Labute approximate surface area is 142 Å². The molecule has 3 rings (SSSR count). The van der Waals surface area contributed by atoms with Gasteiger partial charge < -0.3 is 5.32 Å². The maximum absolute atomic E-state index is 12.5. The number of anilines is 1. The number of nitrogens with zero attached hydrogens (tertiary/aromatic N) is 3. The topological polar surface area (TPSA) is 92.7 Å². The summed E-state index contributed by atoms with van der Waals surface area (Å²) in [5.74, 6) is 0.124. The summed E-state index contributed by atoms with van der Waals surface area (Å²) in [6.45, 7) is 3.58. The highest BCUT2D eigenvalue weighted by atomic mass is 35.5. The van der Waals surface area contributed by atoms with Gasteiger partial charge in [0, 0.05) is 16.8 Å². The summed E-state index contributed by atoms with van der Waals surface area (Å²) in [6, 6.07) is 8.19. The Hall–Kier alpha value is -2.93. The summed E-state index contributed by atoms with van der Waals surface area (Å²) in [5.41, 5.74) is 2.13. The molecule has 1 aromatic carbocycles. The van der Waals surface area contributed by atoms with Crippen LogP contribution in [0.4, 0.5) is 5.69 Å². The van der Waals surface area contributed by atoms with Crippen molar-refractivity contribution in [3.63, 3.8) is 0 Å². The molecule has 0 bridgehead atoms. The van der Waals surface area contributed by atoms with E-state index in [9.17, 15) is 9.59 Å². The highest BCUT2D eigenvalue weighted by molar-refractivity contribution is 6.31. The molecule has 0 aliphatic carbocycles. The SMILES string of the molecule is Cc1c(Cl)cccc1NC(=O)c1cnn(-c2ccc(=O)[nH]n2)c1C. The van der Waals surface area contributed by atoms with Crippen LogP contribution >= 0.6 is 11.6 Å². The summed E-state index contributed by atoms with van der Waals surface area (Å²) in [6.07, 6.45) is 1.46. The molecular weight excluding hydrogens is 330 g/mol. The van der Waals surface area contributed by atoms with Gasteiger partial charge in [-0.25, -0.2) is 9.78 Å². The smallest absolute Gasteiger partial charge is 0.264 e. The summed E-state index contributed by atoms with van der Waals surface area (Å²) >= 11 is 6.07. The molecule has 0 unspecified atom stereocenters. The van der Waals surface area contributed by atoms with Gasteiger partial charge in [0.25, 0.3) is 11.5 Å². The second-order valence-electron chi connectivity index (χ2n) is 5.20. The van der Waals surface area contributed by atoms with E-state index in [0.717, 1.165) is 5.56 Å². The third-order valence-electron chi connectivity index (χ3n) is 3.65. The van der Waals surface area contributed by atoms with Crippen LogP contribution in [0.25, 0.3) is 5.82 Å². The van der Waals surface area contributed by atoms with Crippen molar-refractivity contribution in [3.05, 3.63) is 68.7 Å². The standard InChI is InChI=1S/C16H14ClN5O2/c1-9-12(17)4-3-5-13(9)19-16(24)11-8-18-22(10(11)2)14-6-7-15(23)21-20-14/h3-8H,1-2H3,(H,19,24)(H,21,23). The van der Waals surface area contributed by atoms with Crippen LogP contribution in [0.1, 0.15) is 21.6 Å². The van der Waals surface area contributed by atoms with Gasteiger partial charge in [-0.2, -0.15) is 10.2 Å². The molecule has 8 heteroatoms. The number of aromatic amines is 1. The fraction of sp³-hybridized carbons (Fsp3) is 0.125. The molecule has 24 heavy (non-hydrogen) atoms. The van der Waals surface area contributed by atoms with Gasteiger partial charge in [0.2, 0.25) is 0 Å². The summed E-state index contributed by atoms with van der Waals surface area (Å²) < 4.78 is 1.48. The molecule has 0 aliphatic heterocycles. The van der Waals surface area contributed by atoms with E-state index in [0.29, 0.717) is 27.8 Å². The van der Waals surface area contributed by atoms with Crippen LogP contribution in [0.5, 0.6) is 0 Å². The summed E-state index contributed by atoms with van der Waals surface area (Å²) in [7, 11) is 0. The van der Waals surface area contributed by atoms with Crippen LogP contribution in [-0.4, -0.2) is 25.9 Å². The van der Waals surface area contributed by atoms with Gasteiger partial charge in [0.15, 0.2) is 5.82 Å². The van der Waals surface area contributed by atoms with Crippen LogP contribution < -0.4 is 10.9 Å². The zero-order valence-corrected chi connectivity index (χ0v) is 13.8. The van der Waals surface area contributed by atoms with Crippen molar-refractivity contribution in [2.45, 2.75) is 13.8 Å². The van der Waals surface area contributed by atoms with Gasteiger partial charge in [-0.05, 0) is 37.6 Å². The zero-order chi connectivity index (χ0) is 17.3. The number of hydrogen-bond donors (Lipinski definition) is 2. The van der Waals surface area contributed by atoms with Crippen molar-refractivity contribution in [3.8, 4) is 5.82 Å². The predicted octanol–water partition coefficient (Wildman–Crippen LogP) is 2.48. The van der Waals surface area contributed by atoms with E-state index in [1.54, 1.807) is 25.1 Å². The van der Waals surface area contributed by atoms with Crippen LogP contribution in [0.2, 0.25) is 5.02 Å². The fourth-order valence-corrected chi connectivity index (χ4v) is 2.43. The first-order chi connectivity index (χ1) is 11.5. The van der Waals surface area contributed by atoms with E-state index >= 15 is 0 Å². The minimum atomic E-state index is -0.307. The van der Waals surface area contributed by atoms with Gasteiger partial charge in [0.1, 0.15) is 0 Å². The van der Waals surface area contributed by atoms with Gasteiger partial charge in [-0.1, -0.05) is 17.7 Å². The molecule has 3 aromatic rings. The Morgan fingerprint density at radius 1 is 1.25 bits per heavy atom. The van der Waals surface area contributed by atoms with Gasteiger partial charge in [-0.3, -0.25) is 9.59 Å². The number of carbonyl (C=O) groups is 1. The van der Waals surface area contributed by atoms with E-state index in [1.165, 1.54) is 23.0 Å². The third kappa shape index (κ3) is 2.93. The first-order valence-corrected chi connectivity index (χ1v) is 7.52. The van der Waals surface area contributed by atoms with E-state index < -0.39 is 0 Å². The third-order valence-corrected chi connectivity index (χ3v) is 4.06. The van der Waals surface area contributed by atoms with Gasteiger partial charge in [-0.15, -0.1) is 0 Å². The van der Waals surface area contributed by atoms with Crippen LogP contribution in [0.3, 0.4) is 0 Å². The number of H-pyrrole nitrogens is 1. The van der Waals surface area contributed by atoms with E-state index in [1.807, 2.05) is 6.92 Å². The normalized spacial score (nSPS) is 10.6. The highest BCUT2D eigenvalue weighted by Gasteiger charge is 2.17. The van der Waals surface area contributed by atoms with Crippen molar-refractivity contribution in [2.24, 2.45) is 0 Å². The van der Waals surface area contributed by atoms with Crippen molar-refractivity contribution >= 4 is 23.2 Å². The molecule has 1 amide bonds. The second-order valence-corrected chi connectivity index (χ2v) is 5.61. The van der Waals surface area contributed by atoms with Gasteiger partial charge >= 0.3 is 0 Å². The van der Waals surface area contributed by atoms with Crippen molar-refractivity contribution < 1.29 is 4.79 Å². The average Bonchev–Trinajstić information content (AvgIpc) is 2.94. The van der Waals surface area contributed by atoms with Crippen LogP contribution in [0, 0.1) is 13.8 Å². The van der Waals surface area contributed by atoms with Crippen molar-refractivity contribution in [1.29, 1.82) is 0 Å². The molecule has 0 aliphatic rings. The minimum absolute atomic E-state index is 0.298. The Morgan fingerprint density at radius 3 is 2.75 bits per heavy atom. The molecular formula is C16H14ClN5O2. The first-order valence-electron chi connectivity index (χ1n) is 7.14. The average molecular weight is 344 g/mol. The second kappa shape index (κ2) is 6.29. The fourth-order valence-electron chi connectivity index (χ4n) is 2.25. The Bertz CT molecular complexity index is 956. The van der Waals surface area contributed by atoms with Crippen molar-refractivity contribution in [2.75, 3.05) is 5.32 Å². The lowest BCUT2D eigenvalue weighted by Crippen LogP contribution is -2.15. The Morgan fingerprint density at radius 2 is 2.04 bits per heavy atom. The van der Waals surface area contributed by atoms with Crippen LogP contribution in [-0.2, 0) is 0 Å². The highest BCUT2D eigenvalue weighted by Crippen LogP contribution is 2.24. The molecule has 122 valence electrons. The molecule has 0 saturated carbocycles. The zero-order valence-electron chi connectivity index (χ0n) is 13.0. The Balaban J connectivity index is 1.90. The molecule has 0 radical (unpaired) electrons. The molecule has 2 aromatic heterocycles. The Kier molecular flexibility index (Phi) is 4.18. The van der Waals surface area contributed by atoms with E-state index in [-0.39, 0.29) is 11.5 Å². The number of hydrogen-bond acceptors (Lipinski definition) is 4. The van der Waals surface area contributed by atoms with E-state index in [4.69, 9.17) is 11.6 Å². The quantitative estimate of drug-likeness (QED) is 0.764. The molecule has 0 fully saturated rings. The summed E-state index contributed by atoms with van der Waals surface area (Å²) in [5, 5.41) is 13.8. The lowest BCUT2D eigenvalue weighted by atomic mass is 10.2. The number of carbonyl (C=O) groups excluding carboxylic acids is 1. The summed E-state index contributed by atoms with van der Waals surface area (Å²) in [4.78, 5) is 23.6. The monoisotopic (exact) mass is 343 g/mol. The number of aromatic nitrogens is 4. The number of amides is 1. The number of rotatable bonds is 3. The molecule has 2 heterocycles. The van der Waals surface area contributed by atoms with E-state index in [2.05, 4.69) is 20.6 Å². The maximum atomic E-state index is 12.5. The van der Waals surface area contributed by atoms with Crippen LogP contribution in [0.15, 0.2) is 41.3 Å². The first kappa shape index (κ1) is 15.9. The molecule has 7 nitrogen and oxygen atoms in total. The number of nitrogens with one attached hydrogen (secondary N) is 2. The predicted molar refractivity (Wildman–Crippen MR) is 90.9 cm³/mol. The molecule has 2 N–H and O–H groups in total. The minimum Gasteiger partial charge on any atom is -0.322 e. The molecule has 0 saturated heterocycles. The molecule has 0 atom stereocenters. The number of benzene rings is 1. The largest absolute Gasteiger partial charge is 0.322 e. The lowest BCUT2D eigenvalue weighted by molar-refractivity contribution is 0.102. The van der Waals surface area contributed by atoms with Gasteiger partial charge in [0.05, 0.1) is 17.5 Å². The molecule has 0 spiro atoms. The van der Waals surface area contributed by atoms with Crippen molar-refractivity contribution in [1.82, 2.24) is 20.0 Å².